The first-order chi connectivity index (χ1) is 8.69. The number of alkyl halides is 1. The van der Waals surface area contributed by atoms with E-state index >= 15 is 0 Å². The zero-order valence-electron chi connectivity index (χ0n) is 10.5. The van der Waals surface area contributed by atoms with E-state index in [1.54, 1.807) is 6.92 Å². The van der Waals surface area contributed by atoms with Crippen LogP contribution < -0.4 is 0 Å². The summed E-state index contributed by atoms with van der Waals surface area (Å²) in [5.41, 5.74) is -0.265. The Balaban J connectivity index is 2.62. The monoisotopic (exact) mass is 319 g/mol. The van der Waals surface area contributed by atoms with Gasteiger partial charge in [0.2, 0.25) is 11.5 Å². The van der Waals surface area contributed by atoms with Crippen LogP contribution in [0.2, 0.25) is 0 Å². The highest BCUT2D eigenvalue weighted by molar-refractivity contribution is 9.09. The van der Waals surface area contributed by atoms with Crippen LogP contribution in [-0.2, 0) is 19.2 Å². The Morgan fingerprint density at radius 1 is 1.28 bits per heavy atom. The predicted octanol–water partition coefficient (Wildman–Crippen LogP) is 2.22. The fourth-order valence-electron chi connectivity index (χ4n) is 1.76. The van der Waals surface area contributed by atoms with Crippen LogP contribution in [0.1, 0.15) is 39.0 Å². The molecule has 0 aliphatic heterocycles. The predicted molar refractivity (Wildman–Crippen MR) is 70.8 cm³/mol. The largest absolute Gasteiger partial charge is 0.461 e. The van der Waals surface area contributed by atoms with Crippen LogP contribution in [0, 0.1) is 0 Å². The molecule has 0 heterocycles. The van der Waals surface area contributed by atoms with E-state index in [-0.39, 0.29) is 23.8 Å². The molecule has 1 saturated carbocycles. The first-order valence-corrected chi connectivity index (χ1v) is 7.31. The second-order valence-corrected chi connectivity index (χ2v) is 4.64. The van der Waals surface area contributed by atoms with E-state index in [0.717, 1.165) is 25.7 Å². The SMILES string of the molecule is CCOC(=O)/C(=N/OC1CCCCC1)C(=O)CBr. The van der Waals surface area contributed by atoms with Crippen molar-refractivity contribution in [3.8, 4) is 0 Å². The fraction of sp³-hybridized carbons (Fsp3) is 0.750. The van der Waals surface area contributed by atoms with Crippen LogP contribution >= 0.6 is 15.9 Å². The van der Waals surface area contributed by atoms with E-state index in [0.29, 0.717) is 0 Å². The minimum Gasteiger partial charge on any atom is -0.461 e. The number of halogens is 1. The molecular formula is C12H18BrNO4. The van der Waals surface area contributed by atoms with Crippen molar-refractivity contribution >= 4 is 33.4 Å². The summed E-state index contributed by atoms with van der Waals surface area (Å²) in [4.78, 5) is 28.4. The second kappa shape index (κ2) is 8.24. The maximum Gasteiger partial charge on any atom is 0.364 e. The van der Waals surface area contributed by atoms with Crippen LogP contribution in [0.4, 0.5) is 0 Å². The first-order valence-electron chi connectivity index (χ1n) is 6.19. The highest BCUT2D eigenvalue weighted by Crippen LogP contribution is 2.20. The lowest BCUT2D eigenvalue weighted by atomic mass is 9.98. The maximum atomic E-state index is 11.5. The molecule has 1 aliphatic carbocycles. The minimum absolute atomic E-state index is 0.00584. The molecule has 0 amide bonds. The summed E-state index contributed by atoms with van der Waals surface area (Å²) < 4.78 is 4.78. The first kappa shape index (κ1) is 15.1. The van der Waals surface area contributed by atoms with Gasteiger partial charge in [0.1, 0.15) is 6.10 Å². The van der Waals surface area contributed by atoms with Crippen LogP contribution in [0.25, 0.3) is 0 Å². The third kappa shape index (κ3) is 4.76. The Bertz CT molecular complexity index is 324. The van der Waals surface area contributed by atoms with Gasteiger partial charge in [-0.2, -0.15) is 0 Å². The zero-order chi connectivity index (χ0) is 13.4. The number of oxime groups is 1. The number of esters is 1. The van der Waals surface area contributed by atoms with Gasteiger partial charge in [-0.25, -0.2) is 4.79 Å². The van der Waals surface area contributed by atoms with Gasteiger partial charge in [-0.15, -0.1) is 0 Å². The summed E-state index contributed by atoms with van der Waals surface area (Å²) in [6, 6.07) is 0. The van der Waals surface area contributed by atoms with Crippen molar-refractivity contribution < 1.29 is 19.2 Å². The van der Waals surface area contributed by atoms with Crippen molar-refractivity contribution in [3.63, 3.8) is 0 Å². The lowest BCUT2D eigenvalue weighted by Gasteiger charge is -2.19. The van der Waals surface area contributed by atoms with Crippen molar-refractivity contribution in [1.82, 2.24) is 0 Å². The number of nitrogens with zero attached hydrogens (tertiary/aromatic N) is 1. The molecule has 0 saturated heterocycles. The second-order valence-electron chi connectivity index (χ2n) is 4.08. The molecule has 0 unspecified atom stereocenters. The molecule has 1 aliphatic rings. The van der Waals surface area contributed by atoms with E-state index in [1.807, 2.05) is 0 Å². The molecule has 0 aromatic rings. The summed E-state index contributed by atoms with van der Waals surface area (Å²) >= 11 is 3.01. The van der Waals surface area contributed by atoms with Crippen molar-refractivity contribution in [3.05, 3.63) is 0 Å². The molecule has 0 N–H and O–H groups in total. The van der Waals surface area contributed by atoms with Crippen molar-refractivity contribution in [2.24, 2.45) is 5.16 Å². The molecule has 1 rings (SSSR count). The van der Waals surface area contributed by atoms with Gasteiger partial charge in [0.15, 0.2) is 0 Å². The minimum atomic E-state index is -0.724. The average Bonchev–Trinajstić information content (AvgIpc) is 2.40. The Hall–Kier alpha value is -0.910. The van der Waals surface area contributed by atoms with E-state index in [1.165, 1.54) is 6.42 Å². The van der Waals surface area contributed by atoms with Gasteiger partial charge in [-0.3, -0.25) is 4.79 Å². The molecule has 0 aromatic carbocycles. The van der Waals surface area contributed by atoms with Crippen LogP contribution in [0.5, 0.6) is 0 Å². The Morgan fingerprint density at radius 2 is 1.94 bits per heavy atom. The van der Waals surface area contributed by atoms with Gasteiger partial charge < -0.3 is 9.57 Å². The Kier molecular flexibility index (Phi) is 6.93. The third-order valence-corrected chi connectivity index (χ3v) is 3.21. The van der Waals surface area contributed by atoms with E-state index < -0.39 is 11.8 Å². The summed E-state index contributed by atoms with van der Waals surface area (Å²) in [6.07, 6.45) is 5.24. The van der Waals surface area contributed by atoms with Gasteiger partial charge >= 0.3 is 5.97 Å². The number of hydrogen-bond acceptors (Lipinski definition) is 5. The maximum absolute atomic E-state index is 11.5. The molecule has 102 valence electrons. The molecule has 6 heteroatoms. The topological polar surface area (TPSA) is 65.0 Å². The lowest BCUT2D eigenvalue weighted by Crippen LogP contribution is -2.28. The van der Waals surface area contributed by atoms with Crippen LogP contribution in [0.3, 0.4) is 0 Å². The molecule has 0 spiro atoms. The number of ether oxygens (including phenoxy) is 1. The van der Waals surface area contributed by atoms with Crippen LogP contribution in [-0.4, -0.2) is 35.5 Å². The fourth-order valence-corrected chi connectivity index (χ4v) is 2.03. The molecule has 1 fully saturated rings. The summed E-state index contributed by atoms with van der Waals surface area (Å²) in [6.45, 7) is 1.88. The van der Waals surface area contributed by atoms with Gasteiger partial charge in [0.05, 0.1) is 11.9 Å². The highest BCUT2D eigenvalue weighted by Gasteiger charge is 2.23. The number of carbonyl (C=O) groups excluding carboxylic acids is 2. The molecule has 0 radical (unpaired) electrons. The summed E-state index contributed by atoms with van der Waals surface area (Å²) in [5.74, 6) is -1.15. The smallest absolute Gasteiger partial charge is 0.364 e. The molecular weight excluding hydrogens is 302 g/mol. The van der Waals surface area contributed by atoms with Gasteiger partial charge in [-0.05, 0) is 32.6 Å². The quantitative estimate of drug-likeness (QED) is 0.247. The number of rotatable bonds is 6. The number of ketones is 1. The van der Waals surface area contributed by atoms with Gasteiger partial charge in [0.25, 0.3) is 0 Å². The van der Waals surface area contributed by atoms with Crippen molar-refractivity contribution in [1.29, 1.82) is 0 Å². The molecule has 0 aromatic heterocycles. The van der Waals surface area contributed by atoms with Gasteiger partial charge in [-0.1, -0.05) is 27.5 Å². The van der Waals surface area contributed by atoms with Crippen LogP contribution in [0.15, 0.2) is 5.16 Å². The molecule has 5 nitrogen and oxygen atoms in total. The van der Waals surface area contributed by atoms with E-state index in [4.69, 9.17) is 9.57 Å². The van der Waals surface area contributed by atoms with E-state index in [9.17, 15) is 9.59 Å². The summed E-state index contributed by atoms with van der Waals surface area (Å²) in [5, 5.41) is 3.73. The molecule has 0 atom stereocenters. The standard InChI is InChI=1S/C12H18BrNO4/c1-2-17-12(16)11(10(15)8-13)14-18-9-6-4-3-5-7-9/h9H,2-8H2,1H3/b14-11+. The Labute approximate surface area is 115 Å². The number of Topliss-reactive ketones (excluding diaryl/α,β-unsaturated/α-hetero) is 1. The van der Waals surface area contributed by atoms with Crippen molar-refractivity contribution in [2.75, 3.05) is 11.9 Å². The Morgan fingerprint density at radius 3 is 2.50 bits per heavy atom. The molecule has 0 bridgehead atoms. The summed E-state index contributed by atoms with van der Waals surface area (Å²) in [7, 11) is 0. The number of hydrogen-bond donors (Lipinski definition) is 0. The average molecular weight is 320 g/mol. The lowest BCUT2D eigenvalue weighted by molar-refractivity contribution is -0.136. The van der Waals surface area contributed by atoms with E-state index in [2.05, 4.69) is 21.1 Å². The normalized spacial score (nSPS) is 17.3. The highest BCUT2D eigenvalue weighted by atomic mass is 79.9. The van der Waals surface area contributed by atoms with Gasteiger partial charge in [0, 0.05) is 0 Å². The zero-order valence-corrected chi connectivity index (χ0v) is 12.1. The molecule has 18 heavy (non-hydrogen) atoms. The third-order valence-electron chi connectivity index (χ3n) is 2.70. The van der Waals surface area contributed by atoms with Crippen molar-refractivity contribution in [2.45, 2.75) is 45.1 Å². The number of carbonyl (C=O) groups is 2.